The van der Waals surface area contributed by atoms with Crippen molar-refractivity contribution < 1.29 is 17.6 Å². The average Bonchev–Trinajstić information content (AvgIpc) is 2.79. The predicted molar refractivity (Wildman–Crippen MR) is 97.8 cm³/mol. The van der Waals surface area contributed by atoms with Gasteiger partial charge in [-0.15, -0.1) is 0 Å². The topological polar surface area (TPSA) is 75.5 Å². The first-order valence-corrected chi connectivity index (χ1v) is 10.0. The molecule has 3 rings (SSSR count). The van der Waals surface area contributed by atoms with Gasteiger partial charge < -0.3 is 4.90 Å². The first kappa shape index (κ1) is 19.5. The number of carbonyl (C=O) groups is 1. The molecule has 0 saturated carbocycles. The van der Waals surface area contributed by atoms with Gasteiger partial charge in [-0.1, -0.05) is 0 Å². The van der Waals surface area contributed by atoms with Gasteiger partial charge in [-0.3, -0.25) is 9.48 Å². The van der Waals surface area contributed by atoms with Crippen LogP contribution in [0, 0.1) is 25.6 Å². The molecule has 7 nitrogen and oxygen atoms in total. The Bertz CT molecular complexity index is 963. The van der Waals surface area contributed by atoms with Crippen molar-refractivity contribution in [3.8, 4) is 0 Å². The summed E-state index contributed by atoms with van der Waals surface area (Å²) in [6.45, 7) is 4.56. The van der Waals surface area contributed by atoms with E-state index >= 15 is 0 Å². The Morgan fingerprint density at radius 2 is 1.85 bits per heavy atom. The van der Waals surface area contributed by atoms with Crippen molar-refractivity contribution in [1.29, 1.82) is 0 Å². The Balaban J connectivity index is 1.63. The van der Waals surface area contributed by atoms with Crippen LogP contribution in [0.25, 0.3) is 0 Å². The number of carbonyl (C=O) groups excluding carboxylic acids is 1. The van der Waals surface area contributed by atoms with Gasteiger partial charge in [0.15, 0.2) is 0 Å². The first-order valence-electron chi connectivity index (χ1n) is 8.61. The van der Waals surface area contributed by atoms with Gasteiger partial charge in [0.1, 0.15) is 5.82 Å². The molecule has 146 valence electrons. The molecular formula is C18H23FN4O3S. The van der Waals surface area contributed by atoms with Crippen LogP contribution in [0.2, 0.25) is 0 Å². The normalized spacial score (nSPS) is 15.6. The summed E-state index contributed by atoms with van der Waals surface area (Å²) in [6, 6.07) is 4.70. The predicted octanol–water partition coefficient (Wildman–Crippen LogP) is 1.46. The van der Waals surface area contributed by atoms with Gasteiger partial charge in [-0.05, 0) is 38.1 Å². The molecule has 2 aromatic rings. The summed E-state index contributed by atoms with van der Waals surface area (Å²) in [4.78, 5) is 14.3. The van der Waals surface area contributed by atoms with E-state index < -0.39 is 15.8 Å². The van der Waals surface area contributed by atoms with Gasteiger partial charge in [-0.2, -0.15) is 9.40 Å². The second-order valence-electron chi connectivity index (χ2n) is 6.94. The molecule has 0 radical (unpaired) electrons. The van der Waals surface area contributed by atoms with Gasteiger partial charge in [0.2, 0.25) is 15.9 Å². The summed E-state index contributed by atoms with van der Waals surface area (Å²) in [5, 5.41) is 4.35. The molecule has 9 heteroatoms. The molecule has 0 unspecified atom stereocenters. The fraction of sp³-hybridized carbons (Fsp3) is 0.444. The molecule has 2 heterocycles. The minimum atomic E-state index is -3.70. The van der Waals surface area contributed by atoms with E-state index in [1.807, 2.05) is 20.9 Å². The molecule has 1 aliphatic rings. The fourth-order valence-electron chi connectivity index (χ4n) is 3.22. The fourth-order valence-corrected chi connectivity index (χ4v) is 4.75. The van der Waals surface area contributed by atoms with Crippen molar-refractivity contribution in [2.24, 2.45) is 13.0 Å². The third kappa shape index (κ3) is 3.61. The van der Waals surface area contributed by atoms with Crippen LogP contribution in [0.15, 0.2) is 29.2 Å². The van der Waals surface area contributed by atoms with Gasteiger partial charge in [0.05, 0.1) is 16.5 Å². The van der Waals surface area contributed by atoms with Crippen molar-refractivity contribution in [3.05, 3.63) is 47.0 Å². The second kappa shape index (κ2) is 7.05. The zero-order valence-corrected chi connectivity index (χ0v) is 16.6. The van der Waals surface area contributed by atoms with Gasteiger partial charge in [0.25, 0.3) is 0 Å². The molecule has 1 amide bonds. The lowest BCUT2D eigenvalue weighted by atomic mass is 10.0. The Morgan fingerprint density at radius 1 is 1.26 bits per heavy atom. The Kier molecular flexibility index (Phi) is 5.09. The lowest BCUT2D eigenvalue weighted by molar-refractivity contribution is -0.138. The van der Waals surface area contributed by atoms with Crippen LogP contribution in [0.1, 0.15) is 17.0 Å². The highest BCUT2D eigenvalue weighted by Crippen LogP contribution is 2.27. The largest absolute Gasteiger partial charge is 0.341 e. The smallest absolute Gasteiger partial charge is 0.243 e. The van der Waals surface area contributed by atoms with E-state index in [2.05, 4.69) is 5.10 Å². The van der Waals surface area contributed by atoms with E-state index in [4.69, 9.17) is 0 Å². The minimum absolute atomic E-state index is 0.0322. The molecule has 0 atom stereocenters. The van der Waals surface area contributed by atoms with Crippen LogP contribution < -0.4 is 0 Å². The monoisotopic (exact) mass is 394 g/mol. The quantitative estimate of drug-likeness (QED) is 0.769. The number of hydrogen-bond donors (Lipinski definition) is 0. The van der Waals surface area contributed by atoms with Crippen LogP contribution in [0.4, 0.5) is 4.39 Å². The molecule has 1 saturated heterocycles. The highest BCUT2D eigenvalue weighted by atomic mass is 32.2. The molecule has 1 aliphatic heterocycles. The van der Waals surface area contributed by atoms with E-state index in [0.717, 1.165) is 29.1 Å². The molecule has 1 aromatic carbocycles. The number of aryl methyl sites for hydroxylation is 2. The number of nitrogens with zero attached hydrogens (tertiary/aromatic N) is 4. The van der Waals surface area contributed by atoms with Crippen molar-refractivity contribution in [1.82, 2.24) is 19.0 Å². The maximum absolute atomic E-state index is 13.0. The summed E-state index contributed by atoms with van der Waals surface area (Å²) in [5.41, 5.74) is 2.88. The van der Waals surface area contributed by atoms with Gasteiger partial charge in [-0.25, -0.2) is 12.8 Å². The molecule has 0 aliphatic carbocycles. The lowest BCUT2D eigenvalue weighted by Crippen LogP contribution is -2.55. The Morgan fingerprint density at radius 3 is 2.37 bits per heavy atom. The van der Waals surface area contributed by atoms with E-state index in [9.17, 15) is 17.6 Å². The van der Waals surface area contributed by atoms with E-state index in [0.29, 0.717) is 6.54 Å². The molecule has 27 heavy (non-hydrogen) atoms. The van der Waals surface area contributed by atoms with Gasteiger partial charge in [0, 0.05) is 45.0 Å². The number of benzene rings is 1. The summed E-state index contributed by atoms with van der Waals surface area (Å²) in [7, 11) is -0.125. The minimum Gasteiger partial charge on any atom is -0.341 e. The SMILES string of the molecule is Cc1nn(C)c(C)c1CN(C)C(=O)C1CN(S(=O)(=O)c2ccc(F)cc2)C1. The summed E-state index contributed by atoms with van der Waals surface area (Å²) < 4.78 is 41.1. The maximum Gasteiger partial charge on any atom is 0.243 e. The second-order valence-corrected chi connectivity index (χ2v) is 8.88. The van der Waals surface area contributed by atoms with E-state index in [1.165, 1.54) is 16.4 Å². The van der Waals surface area contributed by atoms with Gasteiger partial charge >= 0.3 is 0 Å². The summed E-state index contributed by atoms with van der Waals surface area (Å²) in [6.07, 6.45) is 0. The first-order chi connectivity index (χ1) is 12.6. The molecule has 0 bridgehead atoms. The van der Waals surface area contributed by atoms with E-state index in [1.54, 1.807) is 16.6 Å². The Labute approximate surface area is 158 Å². The van der Waals surface area contributed by atoms with Crippen molar-refractivity contribution in [2.45, 2.75) is 25.3 Å². The summed E-state index contributed by atoms with van der Waals surface area (Å²) >= 11 is 0. The summed E-state index contributed by atoms with van der Waals surface area (Å²) in [5.74, 6) is -0.959. The third-order valence-corrected chi connectivity index (χ3v) is 6.92. The van der Waals surface area contributed by atoms with Crippen LogP contribution in [-0.2, 0) is 28.4 Å². The van der Waals surface area contributed by atoms with Crippen LogP contribution in [0.3, 0.4) is 0 Å². The maximum atomic E-state index is 13.0. The number of amides is 1. The van der Waals surface area contributed by atoms with Crippen molar-refractivity contribution in [3.63, 3.8) is 0 Å². The zero-order chi connectivity index (χ0) is 19.9. The number of halogens is 1. The highest BCUT2D eigenvalue weighted by molar-refractivity contribution is 7.89. The number of aromatic nitrogens is 2. The number of sulfonamides is 1. The molecule has 0 spiro atoms. The molecule has 1 aromatic heterocycles. The van der Waals surface area contributed by atoms with Crippen LogP contribution in [0.5, 0.6) is 0 Å². The van der Waals surface area contributed by atoms with E-state index in [-0.39, 0.29) is 29.8 Å². The standard InChI is InChI=1S/C18H23FN4O3S/c1-12-17(13(2)22(4)20-12)11-21(3)18(24)14-9-23(10-14)27(25,26)16-7-5-15(19)6-8-16/h5-8,14H,9-11H2,1-4H3. The number of rotatable bonds is 5. The lowest BCUT2D eigenvalue weighted by Gasteiger charge is -2.38. The third-order valence-electron chi connectivity index (χ3n) is 5.08. The van der Waals surface area contributed by atoms with Crippen LogP contribution in [-0.4, -0.2) is 53.4 Å². The highest BCUT2D eigenvalue weighted by Gasteiger charge is 2.41. The Hall–Kier alpha value is -2.26. The average molecular weight is 394 g/mol. The van der Waals surface area contributed by atoms with Crippen LogP contribution >= 0.6 is 0 Å². The molecule has 0 N–H and O–H groups in total. The van der Waals surface area contributed by atoms with Crippen molar-refractivity contribution in [2.75, 3.05) is 20.1 Å². The molecule has 1 fully saturated rings. The zero-order valence-electron chi connectivity index (χ0n) is 15.8. The van der Waals surface area contributed by atoms with Crippen molar-refractivity contribution >= 4 is 15.9 Å². The molecular weight excluding hydrogens is 371 g/mol. The number of hydrogen-bond acceptors (Lipinski definition) is 4.